The van der Waals surface area contributed by atoms with Crippen LogP contribution in [0.2, 0.25) is 0 Å². The van der Waals surface area contributed by atoms with Crippen molar-refractivity contribution in [2.75, 3.05) is 105 Å². The second-order valence-electron chi connectivity index (χ2n) is 34.4. The fraction of sp³-hybridized carbons (Fsp3) is 0.758. The van der Waals surface area contributed by atoms with Gasteiger partial charge in [-0.2, -0.15) is 5.48 Å². The summed E-state index contributed by atoms with van der Waals surface area (Å²) in [6.45, 7) is 4.72. The van der Waals surface area contributed by atoms with Crippen molar-refractivity contribution in [2.45, 2.75) is 353 Å². The topological polar surface area (TPSA) is 532 Å². The van der Waals surface area contributed by atoms with Crippen LogP contribution < -0.4 is 57.7 Å². The predicted octanol–water partition coefficient (Wildman–Crippen LogP) is 10.8. The van der Waals surface area contributed by atoms with Gasteiger partial charge >= 0.3 is 30.0 Å². The van der Waals surface area contributed by atoms with Crippen molar-refractivity contribution < 1.29 is 131 Å². The number of aromatic nitrogens is 2. The highest BCUT2D eigenvalue weighted by atomic mass is 16.7. The van der Waals surface area contributed by atoms with Crippen molar-refractivity contribution in [3.63, 3.8) is 0 Å². The molecule has 1 aliphatic rings. The van der Waals surface area contributed by atoms with Crippen LogP contribution in [0.3, 0.4) is 0 Å². The zero-order valence-electron chi connectivity index (χ0n) is 79.6. The minimum absolute atomic E-state index is 0.00102. The number of imide groups is 1. The molecule has 2 aromatic rings. The highest BCUT2D eigenvalue weighted by Gasteiger charge is 2.35. The van der Waals surface area contributed by atoms with Crippen LogP contribution in [-0.4, -0.2) is 230 Å². The summed E-state index contributed by atoms with van der Waals surface area (Å²) in [7, 11) is 0. The second-order valence-corrected chi connectivity index (χ2v) is 34.4. The molecule has 39 nitrogen and oxygen atoms in total. The van der Waals surface area contributed by atoms with Gasteiger partial charge in [-0.05, 0) is 116 Å². The number of ether oxygens (including phenoxy) is 4. The SMILES string of the molecule is O=CCCC(=O)NOC(=O)CCCCCCCNC(=O)CCCCCCCNC(=O)CCOCC(COCCC(=O)NCCCCCCCCNCCCCCCCC(=O)ON1C(=O)CCC1=O)(COCCC(=O)NCCCCCCCC(=O)NCCCCCCCC(=O)On1c(O)ccc1O)COC(=O)NCCCCCCCC(=O)NCCCCCCCC(=O)On1c(O)ccc1O. The van der Waals surface area contributed by atoms with E-state index < -0.39 is 53.1 Å². The van der Waals surface area contributed by atoms with E-state index in [1.54, 1.807) is 0 Å². The van der Waals surface area contributed by atoms with Crippen LogP contribution in [-0.2, 0) is 95.7 Å². The number of hydrogen-bond donors (Lipinski definition) is 13. The van der Waals surface area contributed by atoms with Crippen LogP contribution >= 0.6 is 0 Å². The molecule has 2 aromatic heterocycles. The summed E-state index contributed by atoms with van der Waals surface area (Å²) in [5, 5.41) is 63.4. The van der Waals surface area contributed by atoms with Gasteiger partial charge in [0.1, 0.15) is 12.9 Å². The van der Waals surface area contributed by atoms with E-state index in [1.807, 2.05) is 5.48 Å². The van der Waals surface area contributed by atoms with E-state index in [0.29, 0.717) is 124 Å². The predicted molar refractivity (Wildman–Crippen MR) is 496 cm³/mol. The number of unbranched alkanes of at least 4 members (excludes halogenated alkanes) is 33. The van der Waals surface area contributed by atoms with Crippen LogP contribution in [0.4, 0.5) is 4.79 Å². The zero-order valence-corrected chi connectivity index (χ0v) is 79.6. The summed E-state index contributed by atoms with van der Waals surface area (Å²) in [6.07, 6.45) is 36.2. The maximum absolute atomic E-state index is 13.5. The Bertz CT molecular complexity index is 3580. The Morgan fingerprint density at radius 1 is 0.299 bits per heavy atom. The zero-order chi connectivity index (χ0) is 97.4. The standard InChI is InChI=1S/C95H160N12O27/c108-69-42-46-83(115)104-131-90(122)47-29-13-7-22-36-62-97-77(109)43-26-10-3-20-39-66-101-81(113)58-71-128-74-95(76-130-94(126)103-68-41-25-5-12-28-45-79(111)99-64-38-24-9-16-32-50-93(125)134-107-88(120)55-56-89(107)121,73-127-70-57-80(112)100-65-35-19-2-1-17-33-60-96-61-34-18-6-14-30-48-91(123)132-105-84(116)51-52-85(105)117)75-129-72-59-82(114)102-67-40-21-4-11-27-44-78(110)98-63-37-23-8-15-31-49-92(124)133-106-86(118)53-54-87(106)119/h53-56,69,96,118-121H,1-52,57-68,70-76H2,(H,97,109)(H,98,110)(H,99,111)(H,100,112)(H,101,113)(H,102,114)(H,103,126)(H,104,115). The van der Waals surface area contributed by atoms with Gasteiger partial charge in [0.2, 0.25) is 59.0 Å². The highest BCUT2D eigenvalue weighted by Crippen LogP contribution is 2.25. The van der Waals surface area contributed by atoms with Crippen molar-refractivity contribution >= 4 is 89.4 Å². The van der Waals surface area contributed by atoms with E-state index in [0.717, 1.165) is 238 Å². The lowest BCUT2D eigenvalue weighted by molar-refractivity contribution is -0.197. The molecule has 1 saturated heterocycles. The smallest absolute Gasteiger partial charge is 0.407 e. The Hall–Kier alpha value is -10.2. The number of rotatable bonds is 88. The summed E-state index contributed by atoms with van der Waals surface area (Å²) in [5.41, 5.74) is 0.873. The fourth-order valence-corrected chi connectivity index (χ4v) is 14.3. The average Bonchev–Trinajstić information content (AvgIpc) is 1.58. The van der Waals surface area contributed by atoms with Gasteiger partial charge in [-0.15, -0.1) is 14.5 Å². The molecule has 0 aromatic carbocycles. The van der Waals surface area contributed by atoms with Gasteiger partial charge in [0.25, 0.3) is 17.7 Å². The lowest BCUT2D eigenvalue weighted by Crippen LogP contribution is -2.44. The van der Waals surface area contributed by atoms with E-state index in [1.165, 1.54) is 24.3 Å². The van der Waals surface area contributed by atoms with Crippen LogP contribution in [0.25, 0.3) is 0 Å². The van der Waals surface area contributed by atoms with Crippen molar-refractivity contribution in [3.8, 4) is 23.5 Å². The van der Waals surface area contributed by atoms with E-state index >= 15 is 0 Å². The van der Waals surface area contributed by atoms with Gasteiger partial charge in [-0.3, -0.25) is 43.2 Å². The van der Waals surface area contributed by atoms with Gasteiger partial charge in [0, 0.05) is 160 Å². The van der Waals surface area contributed by atoms with Crippen LogP contribution in [0.15, 0.2) is 24.3 Å². The van der Waals surface area contributed by atoms with E-state index in [9.17, 15) is 92.3 Å². The monoisotopic (exact) mass is 1900 g/mol. The molecule has 39 heteroatoms. The van der Waals surface area contributed by atoms with Gasteiger partial charge in [-0.25, -0.2) is 24.0 Å². The lowest BCUT2D eigenvalue weighted by Gasteiger charge is -2.32. The lowest BCUT2D eigenvalue weighted by atomic mass is 9.92. The summed E-state index contributed by atoms with van der Waals surface area (Å²) in [6, 6.07) is 4.85. The van der Waals surface area contributed by atoms with Gasteiger partial charge in [0.15, 0.2) is 0 Å². The van der Waals surface area contributed by atoms with Crippen molar-refractivity contribution in [1.82, 2.24) is 62.5 Å². The van der Waals surface area contributed by atoms with Gasteiger partial charge < -0.3 is 106 Å². The third-order valence-corrected chi connectivity index (χ3v) is 22.2. The maximum atomic E-state index is 13.5. The van der Waals surface area contributed by atoms with Crippen molar-refractivity contribution in [2.24, 2.45) is 5.41 Å². The second kappa shape index (κ2) is 79.1. The third-order valence-electron chi connectivity index (χ3n) is 22.2. The summed E-state index contributed by atoms with van der Waals surface area (Å²) < 4.78 is 25.9. The number of carbonyl (C=O) groups excluding carboxylic acids is 15. The first-order valence-corrected chi connectivity index (χ1v) is 49.5. The van der Waals surface area contributed by atoms with Gasteiger partial charge in [0.05, 0.1) is 45.1 Å². The Labute approximate surface area is 790 Å². The Balaban J connectivity index is 1.47. The summed E-state index contributed by atoms with van der Waals surface area (Å²) >= 11 is 0. The van der Waals surface area contributed by atoms with Gasteiger partial charge in [-0.1, -0.05) is 161 Å². The van der Waals surface area contributed by atoms with E-state index in [4.69, 9.17) is 38.3 Å². The minimum atomic E-state index is -1.17. The number of nitrogens with zero attached hydrogens (tertiary/aromatic N) is 3. The van der Waals surface area contributed by atoms with Crippen LogP contribution in [0.1, 0.15) is 353 Å². The number of nitrogens with one attached hydrogen (secondary N) is 9. The Morgan fingerprint density at radius 2 is 0.560 bits per heavy atom. The molecule has 1 fully saturated rings. The number of aromatic hydroxyl groups is 4. The molecular formula is C95H160N12O27. The molecule has 0 spiro atoms. The first-order valence-electron chi connectivity index (χ1n) is 49.5. The largest absolute Gasteiger partial charge is 0.492 e. The molecule has 1 aliphatic heterocycles. The molecule has 0 aliphatic carbocycles. The molecular weight excluding hydrogens is 1740 g/mol. The molecule has 3 rings (SSSR count). The third kappa shape index (κ3) is 64.7. The Morgan fingerprint density at radius 3 is 0.873 bits per heavy atom. The van der Waals surface area contributed by atoms with E-state index in [-0.39, 0.29) is 176 Å². The number of aldehydes is 1. The molecule has 1 atom stereocenters. The molecule has 3 heterocycles. The molecule has 0 saturated carbocycles. The quantitative estimate of drug-likeness (QED) is 0.0127. The average molecular weight is 1900 g/mol. The maximum Gasteiger partial charge on any atom is 0.407 e. The Kier molecular flexibility index (Phi) is 69.7. The number of amides is 10. The normalized spacial score (nSPS) is 12.2. The number of hydroxylamine groups is 3. The summed E-state index contributed by atoms with van der Waals surface area (Å²) in [4.78, 5) is 203. The first kappa shape index (κ1) is 118. The van der Waals surface area contributed by atoms with E-state index in [2.05, 4.69) is 42.5 Å². The van der Waals surface area contributed by atoms with Crippen LogP contribution in [0.5, 0.6) is 23.5 Å². The first-order chi connectivity index (χ1) is 65.0. The fourth-order valence-electron chi connectivity index (χ4n) is 14.3. The number of hydrogen-bond acceptors (Lipinski definition) is 28. The number of alkyl carbamates (subject to hydrolysis) is 1. The number of carbonyl (C=O) groups is 15. The molecule has 134 heavy (non-hydrogen) atoms. The summed E-state index contributed by atoms with van der Waals surface area (Å²) in [5.74, 6) is -5.93. The minimum Gasteiger partial charge on any atom is -0.492 e. The molecule has 13 N–H and O–H groups in total. The highest BCUT2D eigenvalue weighted by molar-refractivity contribution is 6.01. The molecule has 0 bridgehead atoms. The van der Waals surface area contributed by atoms with Crippen LogP contribution in [0, 0.1) is 5.41 Å². The molecule has 762 valence electrons. The molecule has 1 unspecified atom stereocenters. The molecule has 0 radical (unpaired) electrons. The van der Waals surface area contributed by atoms with Crippen molar-refractivity contribution in [1.29, 1.82) is 0 Å². The molecule has 10 amide bonds. The van der Waals surface area contributed by atoms with Crippen molar-refractivity contribution in [3.05, 3.63) is 24.3 Å².